The summed E-state index contributed by atoms with van der Waals surface area (Å²) in [6.45, 7) is 0. The Bertz CT molecular complexity index is 1240. The number of nitriles is 2. The zero-order valence-electron chi connectivity index (χ0n) is 18.8. The van der Waals surface area contributed by atoms with E-state index in [0.717, 1.165) is 54.4 Å². The normalized spacial score (nSPS) is 28.0. The molecule has 1 amide bonds. The highest BCUT2D eigenvalue weighted by atomic mass is 16.5. The molecule has 0 radical (unpaired) electrons. The number of rotatable bonds is 2. The zero-order valence-corrected chi connectivity index (χ0v) is 18.8. The maximum Gasteiger partial charge on any atom is 0.262 e. The molecule has 1 unspecified atom stereocenters. The van der Waals surface area contributed by atoms with Gasteiger partial charge in [-0.3, -0.25) is 9.69 Å². The Morgan fingerprint density at radius 3 is 2.30 bits per heavy atom. The van der Waals surface area contributed by atoms with E-state index in [1.165, 1.54) is 4.90 Å². The minimum absolute atomic E-state index is 0.0877. The molecule has 1 heterocycles. The van der Waals surface area contributed by atoms with Crippen molar-refractivity contribution in [1.29, 1.82) is 10.5 Å². The number of carbonyl (C=O) groups is 1. The lowest BCUT2D eigenvalue weighted by atomic mass is 9.61. The number of guanidine groups is 1. The van der Waals surface area contributed by atoms with E-state index in [1.807, 2.05) is 12.1 Å². The van der Waals surface area contributed by atoms with Crippen LogP contribution in [0, 0.1) is 28.1 Å². The smallest absolute Gasteiger partial charge is 0.262 e. The summed E-state index contributed by atoms with van der Waals surface area (Å²) in [5, 5.41) is 18.8. The minimum Gasteiger partial charge on any atom is -0.381 e. The number of nitrogens with zero attached hydrogens (tertiary/aromatic N) is 4. The summed E-state index contributed by atoms with van der Waals surface area (Å²) in [4.78, 5) is 20.1. The number of nitrogens with two attached hydrogens (primary N) is 1. The Kier molecular flexibility index (Phi) is 4.77. The van der Waals surface area contributed by atoms with Crippen LogP contribution in [0.3, 0.4) is 0 Å². The van der Waals surface area contributed by atoms with E-state index in [9.17, 15) is 15.3 Å². The number of fused-ring (bicyclic) bond motifs is 3. The van der Waals surface area contributed by atoms with Crippen LogP contribution in [-0.4, -0.2) is 37.0 Å². The van der Waals surface area contributed by atoms with Gasteiger partial charge < -0.3 is 10.5 Å². The van der Waals surface area contributed by atoms with Gasteiger partial charge in [-0.2, -0.15) is 10.5 Å². The molecule has 2 N–H and O–H groups in total. The average molecular weight is 440 g/mol. The SMILES string of the molecule is COC1CCC2(CC1)Cc1ccc(-c3cc(C#N)cc(C#N)c3)cc1C21N=C(N)N(C)C1=O. The first-order valence-corrected chi connectivity index (χ1v) is 11.1. The lowest BCUT2D eigenvalue weighted by molar-refractivity contribution is -0.137. The molecule has 2 aromatic rings. The number of hydrogen-bond donors (Lipinski definition) is 1. The fraction of sp³-hybridized carbons (Fsp3) is 0.385. The number of amides is 1. The van der Waals surface area contributed by atoms with Crippen molar-refractivity contribution in [3.05, 3.63) is 58.7 Å². The molecule has 2 aliphatic carbocycles. The van der Waals surface area contributed by atoms with Crippen molar-refractivity contribution in [3.63, 3.8) is 0 Å². The van der Waals surface area contributed by atoms with E-state index < -0.39 is 5.54 Å². The van der Waals surface area contributed by atoms with Crippen LogP contribution in [0.1, 0.15) is 47.9 Å². The van der Waals surface area contributed by atoms with Gasteiger partial charge in [0, 0.05) is 19.6 Å². The second-order valence-corrected chi connectivity index (χ2v) is 9.33. The molecule has 1 saturated carbocycles. The molecule has 0 saturated heterocycles. The van der Waals surface area contributed by atoms with Crippen LogP contribution in [0.2, 0.25) is 0 Å². The Labute approximate surface area is 193 Å². The second-order valence-electron chi connectivity index (χ2n) is 9.33. The summed E-state index contributed by atoms with van der Waals surface area (Å²) in [6.07, 6.45) is 4.36. The first-order valence-electron chi connectivity index (χ1n) is 11.1. The molecule has 0 aromatic heterocycles. The van der Waals surface area contributed by atoms with Gasteiger partial charge in [0.1, 0.15) is 0 Å². The first kappa shape index (κ1) is 21.2. The topological polar surface area (TPSA) is 115 Å². The molecule has 1 aliphatic heterocycles. The third-order valence-corrected chi connectivity index (χ3v) is 7.78. The number of aliphatic imine (C=N–C) groups is 1. The summed E-state index contributed by atoms with van der Waals surface area (Å²) in [5.74, 6) is 0.153. The van der Waals surface area contributed by atoms with Crippen molar-refractivity contribution in [3.8, 4) is 23.3 Å². The maximum atomic E-state index is 13.8. The number of carbonyl (C=O) groups excluding carboxylic acids is 1. The van der Waals surface area contributed by atoms with Crippen molar-refractivity contribution >= 4 is 11.9 Å². The van der Waals surface area contributed by atoms with Crippen LogP contribution < -0.4 is 5.73 Å². The van der Waals surface area contributed by atoms with E-state index in [-0.39, 0.29) is 23.4 Å². The Morgan fingerprint density at radius 2 is 1.76 bits per heavy atom. The highest BCUT2D eigenvalue weighted by molar-refractivity contribution is 6.08. The van der Waals surface area contributed by atoms with Gasteiger partial charge in [-0.1, -0.05) is 12.1 Å². The van der Waals surface area contributed by atoms with Crippen LogP contribution in [0.4, 0.5) is 0 Å². The van der Waals surface area contributed by atoms with E-state index in [1.54, 1.807) is 32.4 Å². The summed E-state index contributed by atoms with van der Waals surface area (Å²) < 4.78 is 5.60. The summed E-state index contributed by atoms with van der Waals surface area (Å²) in [7, 11) is 3.42. The van der Waals surface area contributed by atoms with E-state index in [0.29, 0.717) is 11.1 Å². The predicted molar refractivity (Wildman–Crippen MR) is 123 cm³/mol. The van der Waals surface area contributed by atoms with Crippen LogP contribution in [-0.2, 0) is 21.5 Å². The van der Waals surface area contributed by atoms with Gasteiger partial charge in [0.2, 0.25) is 0 Å². The average Bonchev–Trinajstić information content (AvgIpc) is 3.24. The van der Waals surface area contributed by atoms with Gasteiger partial charge >= 0.3 is 0 Å². The Balaban J connectivity index is 1.68. The van der Waals surface area contributed by atoms with E-state index >= 15 is 0 Å². The van der Waals surface area contributed by atoms with Crippen molar-refractivity contribution in [1.82, 2.24) is 4.90 Å². The molecule has 1 fully saturated rings. The quantitative estimate of drug-likeness (QED) is 0.771. The van der Waals surface area contributed by atoms with Crippen molar-refractivity contribution in [2.24, 2.45) is 16.1 Å². The number of hydrogen-bond acceptors (Lipinski definition) is 6. The lowest BCUT2D eigenvalue weighted by Gasteiger charge is -2.45. The molecule has 1 atom stereocenters. The highest BCUT2D eigenvalue weighted by Gasteiger charge is 2.66. The fourth-order valence-corrected chi connectivity index (χ4v) is 6.03. The standard InChI is InChI=1S/C26H25N5O2/c1-31-23(32)26(30-24(31)29)22-12-18(20-10-16(14-27)9-17(11-20)15-28)3-4-19(22)13-25(26)7-5-21(33-2)6-8-25/h3-4,9-12,21H,5-8,13H2,1-2H3,(H2,29,30). The lowest BCUT2D eigenvalue weighted by Crippen LogP contribution is -2.51. The van der Waals surface area contributed by atoms with Crippen LogP contribution in [0.25, 0.3) is 11.1 Å². The Morgan fingerprint density at radius 1 is 1.09 bits per heavy atom. The minimum atomic E-state index is -1.05. The predicted octanol–water partition coefficient (Wildman–Crippen LogP) is 3.21. The van der Waals surface area contributed by atoms with Gasteiger partial charge in [0.05, 0.1) is 29.4 Å². The van der Waals surface area contributed by atoms with Crippen LogP contribution >= 0.6 is 0 Å². The van der Waals surface area contributed by atoms with Crippen molar-refractivity contribution in [2.45, 2.75) is 43.7 Å². The molecule has 3 aliphatic rings. The molecule has 5 rings (SSSR count). The fourth-order valence-electron chi connectivity index (χ4n) is 6.03. The Hall–Kier alpha value is -3.68. The highest BCUT2D eigenvalue weighted by Crippen LogP contribution is 2.62. The van der Waals surface area contributed by atoms with Gasteiger partial charge in [-0.05, 0) is 78.6 Å². The van der Waals surface area contributed by atoms with Crippen molar-refractivity contribution in [2.75, 3.05) is 14.2 Å². The van der Waals surface area contributed by atoms with E-state index in [4.69, 9.17) is 15.5 Å². The van der Waals surface area contributed by atoms with Gasteiger partial charge in [-0.15, -0.1) is 0 Å². The number of likely N-dealkylation sites (N-methyl/N-ethyl adjacent to an activating group) is 1. The van der Waals surface area contributed by atoms with Crippen molar-refractivity contribution < 1.29 is 9.53 Å². The third kappa shape index (κ3) is 2.90. The summed E-state index contributed by atoms with van der Waals surface area (Å²) in [5.41, 5.74) is 9.26. The molecular weight excluding hydrogens is 414 g/mol. The number of benzene rings is 2. The van der Waals surface area contributed by atoms with Crippen LogP contribution in [0.15, 0.2) is 41.4 Å². The monoisotopic (exact) mass is 439 g/mol. The zero-order chi connectivity index (χ0) is 23.4. The number of methoxy groups -OCH3 is 1. The second kappa shape index (κ2) is 7.43. The molecule has 2 spiro atoms. The van der Waals surface area contributed by atoms with Gasteiger partial charge in [-0.25, -0.2) is 4.99 Å². The van der Waals surface area contributed by atoms with E-state index in [2.05, 4.69) is 18.2 Å². The first-order chi connectivity index (χ1) is 15.9. The molecule has 0 bridgehead atoms. The number of ether oxygens (including phenoxy) is 1. The molecule has 7 heteroatoms. The summed E-state index contributed by atoms with van der Waals surface area (Å²) in [6, 6.07) is 15.4. The molecule has 7 nitrogen and oxygen atoms in total. The molecular formula is C26H25N5O2. The molecule has 2 aromatic carbocycles. The van der Waals surface area contributed by atoms with Crippen LogP contribution in [0.5, 0.6) is 0 Å². The van der Waals surface area contributed by atoms with Gasteiger partial charge in [0.25, 0.3) is 5.91 Å². The maximum absolute atomic E-state index is 13.8. The third-order valence-electron chi connectivity index (χ3n) is 7.78. The summed E-state index contributed by atoms with van der Waals surface area (Å²) >= 11 is 0. The molecule has 166 valence electrons. The van der Waals surface area contributed by atoms with Gasteiger partial charge in [0.15, 0.2) is 11.5 Å². The largest absolute Gasteiger partial charge is 0.381 e. The molecule has 33 heavy (non-hydrogen) atoms.